The molecule has 0 bridgehead atoms. The smallest absolute Gasteiger partial charge is 0.339 e. The average Bonchev–Trinajstić information content (AvgIpc) is 3.10. The van der Waals surface area contributed by atoms with E-state index >= 15 is 0 Å². The predicted molar refractivity (Wildman–Crippen MR) is 182 cm³/mol. The minimum Gasteiger partial charge on any atom is -0.490 e. The van der Waals surface area contributed by atoms with Crippen LogP contribution in [0.5, 0.6) is 11.5 Å². The number of rotatable bonds is 15. The molecule has 0 spiro atoms. The molecule has 1 saturated carbocycles. The second kappa shape index (κ2) is 18.0. The van der Waals surface area contributed by atoms with E-state index in [0.29, 0.717) is 11.5 Å². The van der Waals surface area contributed by atoms with Crippen molar-refractivity contribution in [2.45, 2.75) is 51.0 Å². The number of carbonyl (C=O) groups excluding carboxylic acids is 4. The second-order valence-corrected chi connectivity index (χ2v) is 11.3. The molecule has 0 unspecified atom stereocenters. The van der Waals surface area contributed by atoms with Crippen LogP contribution < -0.4 is 9.47 Å². The number of methoxy groups -OCH3 is 1. The standard InChI is InChI=1S/C39H40O9/c1-27(26-37(41)47-34-7-5-4-6-8-34)38(42)46-24-23-45-33-19-13-30(14-20-33)10-9-29-11-15-31(16-12-29)32-17-21-35(22-18-32)48-39(43)28(2)25-36(40)44-3/h9-22,34H,1-2,4-8,23-26H2,3H3/b10-9+. The highest BCUT2D eigenvalue weighted by Crippen LogP contribution is 2.25. The Hall–Kier alpha value is -5.44. The maximum atomic E-state index is 12.2. The van der Waals surface area contributed by atoms with E-state index in [4.69, 9.17) is 18.9 Å². The van der Waals surface area contributed by atoms with E-state index < -0.39 is 23.9 Å². The quantitative estimate of drug-likeness (QED) is 0.0417. The summed E-state index contributed by atoms with van der Waals surface area (Å²) in [5, 5.41) is 0. The minimum atomic E-state index is -0.682. The zero-order valence-corrected chi connectivity index (χ0v) is 27.1. The first-order valence-corrected chi connectivity index (χ1v) is 15.8. The Kier molecular flexibility index (Phi) is 13.3. The zero-order chi connectivity index (χ0) is 34.3. The van der Waals surface area contributed by atoms with Crippen molar-refractivity contribution in [2.75, 3.05) is 20.3 Å². The van der Waals surface area contributed by atoms with Crippen molar-refractivity contribution in [3.8, 4) is 22.6 Å². The van der Waals surface area contributed by atoms with Gasteiger partial charge in [-0.1, -0.05) is 80.3 Å². The highest BCUT2D eigenvalue weighted by molar-refractivity contribution is 5.94. The van der Waals surface area contributed by atoms with Crippen molar-refractivity contribution >= 4 is 36.0 Å². The summed E-state index contributed by atoms with van der Waals surface area (Å²) >= 11 is 0. The number of benzene rings is 3. The maximum absolute atomic E-state index is 12.2. The third-order valence-corrected chi connectivity index (χ3v) is 7.61. The molecule has 0 heterocycles. The van der Waals surface area contributed by atoms with Crippen molar-refractivity contribution < 1.29 is 42.9 Å². The van der Waals surface area contributed by atoms with Gasteiger partial charge in [0.2, 0.25) is 0 Å². The molecule has 0 atom stereocenters. The molecule has 9 nitrogen and oxygen atoms in total. The lowest BCUT2D eigenvalue weighted by Gasteiger charge is -2.21. The average molecular weight is 653 g/mol. The predicted octanol–water partition coefficient (Wildman–Crippen LogP) is 7.29. The minimum absolute atomic E-state index is 0.0173. The molecule has 0 N–H and O–H groups in total. The van der Waals surface area contributed by atoms with Crippen molar-refractivity contribution in [1.29, 1.82) is 0 Å². The van der Waals surface area contributed by atoms with Crippen LogP contribution in [0.3, 0.4) is 0 Å². The summed E-state index contributed by atoms with van der Waals surface area (Å²) in [6, 6.07) is 22.6. The van der Waals surface area contributed by atoms with E-state index in [1.807, 2.05) is 72.8 Å². The molecule has 1 fully saturated rings. The largest absolute Gasteiger partial charge is 0.490 e. The Morgan fingerprint density at radius 1 is 0.667 bits per heavy atom. The molecule has 3 aromatic rings. The molecule has 3 aromatic carbocycles. The third kappa shape index (κ3) is 11.4. The summed E-state index contributed by atoms with van der Waals surface area (Å²) in [4.78, 5) is 47.7. The Labute approximate surface area is 280 Å². The third-order valence-electron chi connectivity index (χ3n) is 7.61. The molecule has 1 aliphatic rings. The van der Waals surface area contributed by atoms with Gasteiger partial charge in [-0.25, -0.2) is 9.59 Å². The fourth-order valence-corrected chi connectivity index (χ4v) is 4.92. The number of ether oxygens (including phenoxy) is 5. The van der Waals surface area contributed by atoms with Crippen molar-refractivity contribution in [3.63, 3.8) is 0 Å². The van der Waals surface area contributed by atoms with Crippen LogP contribution in [0.4, 0.5) is 0 Å². The Balaban J connectivity index is 1.16. The lowest BCUT2D eigenvalue weighted by atomic mass is 9.98. The fourth-order valence-electron chi connectivity index (χ4n) is 4.92. The van der Waals surface area contributed by atoms with Crippen molar-refractivity contribution in [3.05, 3.63) is 108 Å². The van der Waals surface area contributed by atoms with Gasteiger partial charge in [-0.15, -0.1) is 0 Å². The first-order chi connectivity index (χ1) is 23.2. The van der Waals surface area contributed by atoms with Crippen LogP contribution >= 0.6 is 0 Å². The molecule has 0 radical (unpaired) electrons. The normalized spacial score (nSPS) is 12.9. The van der Waals surface area contributed by atoms with E-state index in [9.17, 15) is 19.2 Å². The number of hydrogen-bond donors (Lipinski definition) is 0. The van der Waals surface area contributed by atoms with E-state index in [1.165, 1.54) is 7.11 Å². The Morgan fingerprint density at radius 3 is 1.79 bits per heavy atom. The van der Waals surface area contributed by atoms with Crippen LogP contribution in [-0.2, 0) is 33.4 Å². The summed E-state index contributed by atoms with van der Waals surface area (Å²) in [6.07, 6.45) is 8.53. The van der Waals surface area contributed by atoms with E-state index in [-0.39, 0.29) is 43.3 Å². The molecule has 48 heavy (non-hydrogen) atoms. The molecular formula is C39H40O9. The fraction of sp³-hybridized carbons (Fsp3) is 0.282. The first-order valence-electron chi connectivity index (χ1n) is 15.8. The van der Waals surface area contributed by atoms with Gasteiger partial charge in [-0.05, 0) is 72.2 Å². The first kappa shape index (κ1) is 35.4. The van der Waals surface area contributed by atoms with Crippen LogP contribution in [0.15, 0.2) is 97.1 Å². The lowest BCUT2D eigenvalue weighted by molar-refractivity contribution is -0.151. The monoisotopic (exact) mass is 652 g/mol. The molecule has 4 rings (SSSR count). The summed E-state index contributed by atoms with van der Waals surface area (Å²) < 4.78 is 26.1. The highest BCUT2D eigenvalue weighted by Gasteiger charge is 2.20. The maximum Gasteiger partial charge on any atom is 0.339 e. The summed E-state index contributed by atoms with van der Waals surface area (Å²) in [7, 11) is 1.24. The number of esters is 4. The second-order valence-electron chi connectivity index (χ2n) is 11.3. The van der Waals surface area contributed by atoms with Gasteiger partial charge >= 0.3 is 23.9 Å². The van der Waals surface area contributed by atoms with Gasteiger partial charge in [0.05, 0.1) is 20.0 Å². The van der Waals surface area contributed by atoms with Gasteiger partial charge in [0.1, 0.15) is 30.8 Å². The lowest BCUT2D eigenvalue weighted by Crippen LogP contribution is -2.22. The zero-order valence-electron chi connectivity index (χ0n) is 27.1. The van der Waals surface area contributed by atoms with Gasteiger partial charge < -0.3 is 23.7 Å². The molecule has 0 aliphatic heterocycles. The van der Waals surface area contributed by atoms with Gasteiger partial charge in [0, 0.05) is 11.1 Å². The van der Waals surface area contributed by atoms with Gasteiger partial charge in [-0.2, -0.15) is 0 Å². The molecule has 0 saturated heterocycles. The van der Waals surface area contributed by atoms with Gasteiger partial charge in [0.25, 0.3) is 0 Å². The van der Waals surface area contributed by atoms with Crippen molar-refractivity contribution in [2.24, 2.45) is 0 Å². The van der Waals surface area contributed by atoms with Crippen LogP contribution in [-0.4, -0.2) is 50.3 Å². The van der Waals surface area contributed by atoms with Gasteiger partial charge in [0.15, 0.2) is 0 Å². The summed E-state index contributed by atoms with van der Waals surface area (Å²) in [5.41, 5.74) is 4.02. The van der Waals surface area contributed by atoms with Gasteiger partial charge in [-0.3, -0.25) is 9.59 Å². The van der Waals surface area contributed by atoms with Crippen LogP contribution in [0, 0.1) is 0 Å². The number of hydrogen-bond acceptors (Lipinski definition) is 9. The summed E-state index contributed by atoms with van der Waals surface area (Å²) in [5.74, 6) is -1.34. The molecular weight excluding hydrogens is 612 g/mol. The highest BCUT2D eigenvalue weighted by atomic mass is 16.6. The van der Waals surface area contributed by atoms with Crippen LogP contribution in [0.2, 0.25) is 0 Å². The SMILES string of the molecule is C=C(CC(=O)OC1CCCCC1)C(=O)OCCOc1ccc(/C=C/c2ccc(-c3ccc(OC(=O)C(=C)CC(=O)OC)cc3)cc2)cc1. The molecule has 0 aromatic heterocycles. The Morgan fingerprint density at radius 2 is 1.19 bits per heavy atom. The summed E-state index contributed by atoms with van der Waals surface area (Å²) in [6.45, 7) is 7.43. The molecule has 250 valence electrons. The molecule has 1 aliphatic carbocycles. The number of carbonyl (C=O) groups is 4. The Bertz CT molecular complexity index is 1610. The molecule has 9 heteroatoms. The topological polar surface area (TPSA) is 114 Å². The van der Waals surface area contributed by atoms with E-state index in [2.05, 4.69) is 17.9 Å². The molecule has 0 amide bonds. The van der Waals surface area contributed by atoms with E-state index in [0.717, 1.165) is 54.4 Å². The van der Waals surface area contributed by atoms with Crippen LogP contribution in [0.25, 0.3) is 23.3 Å². The van der Waals surface area contributed by atoms with Crippen LogP contribution in [0.1, 0.15) is 56.1 Å². The van der Waals surface area contributed by atoms with E-state index in [1.54, 1.807) is 12.1 Å². The van der Waals surface area contributed by atoms with Crippen molar-refractivity contribution in [1.82, 2.24) is 0 Å².